The predicted octanol–water partition coefficient (Wildman–Crippen LogP) is 4.18. The van der Waals surface area contributed by atoms with E-state index in [0.29, 0.717) is 19.4 Å². The molecule has 1 aromatic heterocycles. The summed E-state index contributed by atoms with van der Waals surface area (Å²) in [5.74, 6) is -0.0842. The number of ether oxygens (including phenoxy) is 2. The molecule has 7 heteroatoms. The van der Waals surface area contributed by atoms with Crippen molar-refractivity contribution in [2.24, 2.45) is 0 Å². The van der Waals surface area contributed by atoms with Gasteiger partial charge < -0.3 is 14.0 Å². The van der Waals surface area contributed by atoms with Crippen molar-refractivity contribution in [2.45, 2.75) is 83.9 Å². The summed E-state index contributed by atoms with van der Waals surface area (Å²) in [6.07, 6.45) is 1.66. The van der Waals surface area contributed by atoms with Gasteiger partial charge in [-0.05, 0) is 59.1 Å². The van der Waals surface area contributed by atoms with Gasteiger partial charge in [0.05, 0.1) is 6.04 Å². The molecule has 1 amide bonds. The van der Waals surface area contributed by atoms with Gasteiger partial charge in [-0.2, -0.15) is 0 Å². The van der Waals surface area contributed by atoms with E-state index in [1.807, 2.05) is 51.1 Å². The van der Waals surface area contributed by atoms with Crippen molar-refractivity contribution in [2.75, 3.05) is 0 Å². The molecule has 0 saturated carbocycles. The Morgan fingerprint density at radius 3 is 2.36 bits per heavy atom. The first-order valence-corrected chi connectivity index (χ1v) is 11.4. The van der Waals surface area contributed by atoms with Crippen molar-refractivity contribution in [3.63, 3.8) is 0 Å². The maximum Gasteiger partial charge on any atom is 0.412 e. The van der Waals surface area contributed by atoms with Crippen molar-refractivity contribution in [1.29, 1.82) is 0 Å². The molecule has 1 aliphatic rings. The maximum absolute atomic E-state index is 13.3. The number of hydrogen-bond acceptors (Lipinski definition) is 5. The fraction of sp³-hybridized carbons (Fsp3) is 0.500. The normalized spacial score (nSPS) is 20.0. The number of amides is 1. The first-order chi connectivity index (χ1) is 15.5. The minimum atomic E-state index is -1.00. The molecule has 7 nitrogen and oxygen atoms in total. The number of benzene rings is 1. The third kappa shape index (κ3) is 6.32. The minimum Gasteiger partial charge on any atom is -0.444 e. The summed E-state index contributed by atoms with van der Waals surface area (Å²) >= 11 is 0. The Kier molecular flexibility index (Phi) is 7.42. The van der Waals surface area contributed by atoms with E-state index < -0.39 is 29.6 Å². The number of aryl methyl sites for hydroxylation is 1. The Labute approximate surface area is 195 Å². The zero-order valence-electron chi connectivity index (χ0n) is 20.1. The molecule has 0 radical (unpaired) electrons. The quantitative estimate of drug-likeness (QED) is 0.627. The summed E-state index contributed by atoms with van der Waals surface area (Å²) < 4.78 is 13.4. The maximum atomic E-state index is 13.3. The number of hydrogen-bond donors (Lipinski definition) is 0. The molecule has 1 fully saturated rings. The van der Waals surface area contributed by atoms with Crippen LogP contribution in [0.5, 0.6) is 0 Å². The van der Waals surface area contributed by atoms with E-state index in [1.165, 1.54) is 6.07 Å². The van der Waals surface area contributed by atoms with E-state index >= 15 is 0 Å². The van der Waals surface area contributed by atoms with E-state index in [1.54, 1.807) is 41.6 Å². The van der Waals surface area contributed by atoms with Gasteiger partial charge in [-0.25, -0.2) is 4.79 Å². The van der Waals surface area contributed by atoms with Crippen LogP contribution >= 0.6 is 0 Å². The monoisotopic (exact) mass is 454 g/mol. The molecule has 0 N–H and O–H groups in total. The lowest BCUT2D eigenvalue weighted by atomic mass is 9.96. The highest BCUT2D eigenvalue weighted by molar-refractivity contribution is 5.85. The SMILES string of the molecule is CC(C)(C)OC(=O)N1[C@H](Cc2ccccc2)[C@@H](C(=O)CCCn2ccccc2=O)OC1(C)C. The summed E-state index contributed by atoms with van der Waals surface area (Å²) in [5, 5.41) is 0. The molecule has 1 aromatic carbocycles. The second-order valence-electron chi connectivity index (χ2n) is 9.89. The molecule has 0 aliphatic carbocycles. The molecule has 33 heavy (non-hydrogen) atoms. The van der Waals surface area contributed by atoms with E-state index in [-0.39, 0.29) is 17.8 Å². The number of rotatable bonds is 7. The summed E-state index contributed by atoms with van der Waals surface area (Å²) in [6, 6.07) is 14.2. The highest BCUT2D eigenvalue weighted by atomic mass is 16.6. The molecule has 2 heterocycles. The third-order valence-corrected chi connectivity index (χ3v) is 5.59. The molecule has 0 bridgehead atoms. The molecule has 2 atom stereocenters. The van der Waals surface area contributed by atoms with Gasteiger partial charge in [0.15, 0.2) is 5.78 Å². The Morgan fingerprint density at radius 1 is 1.06 bits per heavy atom. The number of pyridine rings is 1. The largest absolute Gasteiger partial charge is 0.444 e. The van der Waals surface area contributed by atoms with Crippen LogP contribution < -0.4 is 5.56 Å². The highest BCUT2D eigenvalue weighted by Crippen LogP contribution is 2.36. The van der Waals surface area contributed by atoms with Crippen molar-refractivity contribution >= 4 is 11.9 Å². The van der Waals surface area contributed by atoms with E-state index in [4.69, 9.17) is 9.47 Å². The minimum absolute atomic E-state index is 0.0842. The zero-order valence-corrected chi connectivity index (χ0v) is 20.1. The predicted molar refractivity (Wildman–Crippen MR) is 126 cm³/mol. The number of nitrogens with zero attached hydrogens (tertiary/aromatic N) is 2. The van der Waals surface area contributed by atoms with Gasteiger partial charge in [0.1, 0.15) is 17.4 Å². The smallest absolute Gasteiger partial charge is 0.412 e. The summed E-state index contributed by atoms with van der Waals surface area (Å²) in [7, 11) is 0. The van der Waals surface area contributed by atoms with Gasteiger partial charge in [0.25, 0.3) is 0 Å². The van der Waals surface area contributed by atoms with Gasteiger partial charge >= 0.3 is 6.09 Å². The van der Waals surface area contributed by atoms with Crippen molar-refractivity contribution in [3.8, 4) is 0 Å². The molecule has 1 aliphatic heterocycles. The molecule has 0 unspecified atom stereocenters. The van der Waals surface area contributed by atoms with Crippen LogP contribution in [0.2, 0.25) is 0 Å². The molecule has 3 rings (SSSR count). The topological polar surface area (TPSA) is 77.8 Å². The number of Topliss-reactive ketones (excluding diaryl/α,β-unsaturated/α-hetero) is 1. The molecule has 2 aromatic rings. The van der Waals surface area contributed by atoms with Gasteiger partial charge in [-0.15, -0.1) is 0 Å². The van der Waals surface area contributed by atoms with E-state index in [9.17, 15) is 14.4 Å². The second kappa shape index (κ2) is 9.91. The third-order valence-electron chi connectivity index (χ3n) is 5.59. The van der Waals surface area contributed by atoms with Crippen LogP contribution in [0.3, 0.4) is 0 Å². The van der Waals surface area contributed by atoms with Crippen LogP contribution in [-0.2, 0) is 27.2 Å². The Morgan fingerprint density at radius 2 is 1.73 bits per heavy atom. The Bertz CT molecular complexity index is 1020. The number of carbonyl (C=O) groups is 2. The number of aromatic nitrogens is 1. The van der Waals surface area contributed by atoms with Gasteiger partial charge in [-0.3, -0.25) is 14.5 Å². The lowest BCUT2D eigenvalue weighted by Crippen LogP contribution is -2.51. The van der Waals surface area contributed by atoms with Crippen LogP contribution in [0.4, 0.5) is 4.79 Å². The molecule has 1 saturated heterocycles. The van der Waals surface area contributed by atoms with Crippen LogP contribution in [0.25, 0.3) is 0 Å². The fourth-order valence-electron chi connectivity index (χ4n) is 4.19. The van der Waals surface area contributed by atoms with Crippen LogP contribution in [-0.4, -0.2) is 44.8 Å². The van der Waals surface area contributed by atoms with Gasteiger partial charge in [0.2, 0.25) is 5.56 Å². The molecular formula is C26H34N2O5. The standard InChI is InChI=1S/C26H34N2O5/c1-25(2,3)33-24(31)28-20(18-19-12-7-6-8-13-19)23(32-26(28,4)5)21(29)14-11-17-27-16-10-9-15-22(27)30/h6-10,12-13,15-16,20,23H,11,14,17-18H2,1-5H3/t20-,23+/m1/s1. The summed E-state index contributed by atoms with van der Waals surface area (Å²) in [5.41, 5.74) is -0.763. The lowest BCUT2D eigenvalue weighted by molar-refractivity contribution is -0.136. The molecule has 178 valence electrons. The summed E-state index contributed by atoms with van der Waals surface area (Å²) in [4.78, 5) is 39.9. The number of ketones is 1. The van der Waals surface area contributed by atoms with Crippen LogP contribution in [0.1, 0.15) is 53.0 Å². The van der Waals surface area contributed by atoms with Crippen LogP contribution in [0.15, 0.2) is 59.5 Å². The second-order valence-corrected chi connectivity index (χ2v) is 9.89. The highest BCUT2D eigenvalue weighted by Gasteiger charge is 2.53. The van der Waals surface area contributed by atoms with Gasteiger partial charge in [-0.1, -0.05) is 36.4 Å². The summed E-state index contributed by atoms with van der Waals surface area (Å²) in [6.45, 7) is 9.46. The first kappa shape index (κ1) is 24.7. The Hall–Kier alpha value is -2.93. The average Bonchev–Trinajstić information content (AvgIpc) is 2.99. The van der Waals surface area contributed by atoms with Gasteiger partial charge in [0, 0.05) is 25.2 Å². The average molecular weight is 455 g/mol. The van der Waals surface area contributed by atoms with Crippen molar-refractivity contribution in [3.05, 3.63) is 70.6 Å². The molecule has 0 spiro atoms. The van der Waals surface area contributed by atoms with Crippen molar-refractivity contribution in [1.82, 2.24) is 9.47 Å². The van der Waals surface area contributed by atoms with E-state index in [2.05, 4.69) is 0 Å². The number of carbonyl (C=O) groups excluding carboxylic acids is 2. The fourth-order valence-corrected chi connectivity index (χ4v) is 4.19. The Balaban J connectivity index is 1.80. The zero-order chi connectivity index (χ0) is 24.2. The lowest BCUT2D eigenvalue weighted by Gasteiger charge is -2.35. The first-order valence-electron chi connectivity index (χ1n) is 11.4. The van der Waals surface area contributed by atoms with Crippen LogP contribution in [0, 0.1) is 0 Å². The van der Waals surface area contributed by atoms with E-state index in [0.717, 1.165) is 5.56 Å². The van der Waals surface area contributed by atoms with Crippen molar-refractivity contribution < 1.29 is 19.1 Å². The molecular weight excluding hydrogens is 420 g/mol.